The van der Waals surface area contributed by atoms with E-state index in [9.17, 15) is 13.6 Å². The van der Waals surface area contributed by atoms with E-state index in [1.165, 1.54) is 35.2 Å². The lowest BCUT2D eigenvalue weighted by molar-refractivity contribution is -0.0498. The molecule has 112 valence electrons. The number of carbonyl (C=O) groups is 1. The van der Waals surface area contributed by atoms with Gasteiger partial charge in [0.25, 0.3) is 0 Å². The number of alkyl halides is 2. The summed E-state index contributed by atoms with van der Waals surface area (Å²) < 4.78 is 34.6. The Morgan fingerprint density at radius 3 is 2.62 bits per heavy atom. The van der Waals surface area contributed by atoms with Crippen LogP contribution in [0.2, 0.25) is 0 Å². The number of imidazole rings is 1. The van der Waals surface area contributed by atoms with E-state index in [-0.39, 0.29) is 23.9 Å². The maximum atomic E-state index is 12.1. The van der Waals surface area contributed by atoms with E-state index >= 15 is 0 Å². The summed E-state index contributed by atoms with van der Waals surface area (Å²) in [7, 11) is 0. The van der Waals surface area contributed by atoms with Crippen LogP contribution in [-0.2, 0) is 4.74 Å². The van der Waals surface area contributed by atoms with Gasteiger partial charge in [0.1, 0.15) is 17.9 Å². The zero-order valence-corrected chi connectivity index (χ0v) is 11.1. The summed E-state index contributed by atoms with van der Waals surface area (Å²) in [6, 6.07) is 5.77. The molecule has 2 N–H and O–H groups in total. The first-order valence-electron chi connectivity index (χ1n) is 6.08. The topological polar surface area (TPSA) is 79.4 Å². The Labute approximate surface area is 119 Å². The van der Waals surface area contributed by atoms with Gasteiger partial charge in [-0.1, -0.05) is 0 Å². The number of hydrogen-bond acceptors (Lipinski definition) is 5. The zero-order chi connectivity index (χ0) is 15.4. The van der Waals surface area contributed by atoms with E-state index < -0.39 is 12.6 Å². The molecule has 6 nitrogen and oxygen atoms in total. The molecule has 21 heavy (non-hydrogen) atoms. The second-order valence-electron chi connectivity index (χ2n) is 3.94. The Morgan fingerprint density at radius 1 is 1.38 bits per heavy atom. The lowest BCUT2D eigenvalue weighted by atomic mass is 10.3. The number of nitrogen functional groups attached to an aromatic ring is 1. The van der Waals surface area contributed by atoms with Gasteiger partial charge in [-0.05, 0) is 31.2 Å². The number of halogens is 2. The van der Waals surface area contributed by atoms with Crippen LogP contribution in [0.4, 0.5) is 14.6 Å². The van der Waals surface area contributed by atoms with Gasteiger partial charge in [0.05, 0.1) is 6.61 Å². The molecule has 0 radical (unpaired) electrons. The van der Waals surface area contributed by atoms with Crippen LogP contribution >= 0.6 is 0 Å². The van der Waals surface area contributed by atoms with E-state index in [0.29, 0.717) is 5.69 Å². The lowest BCUT2D eigenvalue weighted by Crippen LogP contribution is -2.09. The highest BCUT2D eigenvalue weighted by Crippen LogP contribution is 2.21. The number of aromatic nitrogens is 2. The van der Waals surface area contributed by atoms with Crippen molar-refractivity contribution in [2.75, 3.05) is 12.3 Å². The molecule has 2 rings (SSSR count). The molecule has 0 unspecified atom stereocenters. The Morgan fingerprint density at radius 2 is 2.05 bits per heavy atom. The summed E-state index contributed by atoms with van der Waals surface area (Å²) in [4.78, 5) is 15.5. The second-order valence-corrected chi connectivity index (χ2v) is 3.94. The standard InChI is InChI=1S/C13H13F2N3O3/c1-2-20-12(19)10-11(16)18(7-17-10)8-3-5-9(6-4-8)21-13(14)15/h3-7,13H,2,16H2,1H3. The molecule has 0 amide bonds. The van der Waals surface area contributed by atoms with Crippen molar-refractivity contribution in [3.05, 3.63) is 36.3 Å². The molecule has 0 aliphatic carbocycles. The van der Waals surface area contributed by atoms with E-state index in [1.807, 2.05) is 0 Å². The summed E-state index contributed by atoms with van der Waals surface area (Å²) in [6.45, 7) is -0.998. The minimum atomic E-state index is -2.88. The molecule has 2 aromatic rings. The summed E-state index contributed by atoms with van der Waals surface area (Å²) >= 11 is 0. The fourth-order valence-corrected chi connectivity index (χ4v) is 1.71. The van der Waals surface area contributed by atoms with Gasteiger partial charge in [-0.25, -0.2) is 9.78 Å². The van der Waals surface area contributed by atoms with Crippen molar-refractivity contribution in [1.29, 1.82) is 0 Å². The molecule has 0 fully saturated rings. The van der Waals surface area contributed by atoms with Crippen LogP contribution in [0, 0.1) is 0 Å². The predicted octanol–water partition coefficient (Wildman–Crippen LogP) is 2.23. The smallest absolute Gasteiger partial charge is 0.387 e. The number of ether oxygens (including phenoxy) is 2. The van der Waals surface area contributed by atoms with Gasteiger partial charge in [-0.3, -0.25) is 4.57 Å². The molecule has 0 bridgehead atoms. The lowest BCUT2D eigenvalue weighted by Gasteiger charge is -2.08. The van der Waals surface area contributed by atoms with Crippen molar-refractivity contribution in [1.82, 2.24) is 9.55 Å². The summed E-state index contributed by atoms with van der Waals surface area (Å²) in [6.07, 6.45) is 1.35. The fraction of sp³-hybridized carbons (Fsp3) is 0.231. The molecular weight excluding hydrogens is 284 g/mol. The van der Waals surface area contributed by atoms with E-state index in [4.69, 9.17) is 10.5 Å². The van der Waals surface area contributed by atoms with Crippen molar-refractivity contribution < 1.29 is 23.0 Å². The molecule has 0 aliphatic heterocycles. The number of benzene rings is 1. The van der Waals surface area contributed by atoms with Crippen LogP contribution in [0.5, 0.6) is 5.75 Å². The number of carbonyl (C=O) groups excluding carboxylic acids is 1. The fourth-order valence-electron chi connectivity index (χ4n) is 1.71. The molecule has 0 aliphatic rings. The quantitative estimate of drug-likeness (QED) is 0.856. The number of nitrogens with zero attached hydrogens (tertiary/aromatic N) is 2. The molecular formula is C13H13F2N3O3. The van der Waals surface area contributed by atoms with E-state index in [1.54, 1.807) is 6.92 Å². The average Bonchev–Trinajstić information content (AvgIpc) is 2.81. The van der Waals surface area contributed by atoms with Crippen molar-refractivity contribution in [2.24, 2.45) is 0 Å². The van der Waals surface area contributed by atoms with Crippen LogP contribution in [0.15, 0.2) is 30.6 Å². The highest BCUT2D eigenvalue weighted by molar-refractivity contribution is 5.92. The Bertz CT molecular complexity index is 626. The number of rotatable bonds is 5. The van der Waals surface area contributed by atoms with Gasteiger partial charge in [-0.15, -0.1) is 0 Å². The molecule has 0 saturated carbocycles. The number of anilines is 1. The second kappa shape index (κ2) is 6.21. The average molecular weight is 297 g/mol. The molecule has 1 heterocycles. The maximum absolute atomic E-state index is 12.1. The normalized spacial score (nSPS) is 10.7. The largest absolute Gasteiger partial charge is 0.461 e. The van der Waals surface area contributed by atoms with Gasteiger partial charge in [-0.2, -0.15) is 8.78 Å². The van der Waals surface area contributed by atoms with Gasteiger partial charge in [0, 0.05) is 5.69 Å². The molecule has 0 spiro atoms. The van der Waals surface area contributed by atoms with E-state index in [2.05, 4.69) is 9.72 Å². The Hall–Kier alpha value is -2.64. The van der Waals surface area contributed by atoms with Crippen LogP contribution < -0.4 is 10.5 Å². The number of nitrogens with two attached hydrogens (primary N) is 1. The third kappa shape index (κ3) is 3.28. The third-order valence-corrected chi connectivity index (χ3v) is 2.61. The summed E-state index contributed by atoms with van der Waals surface area (Å²) in [5.74, 6) is -0.486. The minimum absolute atomic E-state index is 0.00440. The van der Waals surface area contributed by atoms with E-state index in [0.717, 1.165) is 0 Å². The monoisotopic (exact) mass is 297 g/mol. The first-order valence-corrected chi connectivity index (χ1v) is 6.08. The van der Waals surface area contributed by atoms with Gasteiger partial charge < -0.3 is 15.2 Å². The molecule has 0 saturated heterocycles. The van der Waals surface area contributed by atoms with Gasteiger partial charge in [0.15, 0.2) is 5.69 Å². The van der Waals surface area contributed by atoms with Crippen LogP contribution in [0.25, 0.3) is 5.69 Å². The Balaban J connectivity index is 2.24. The third-order valence-electron chi connectivity index (χ3n) is 2.61. The van der Waals surface area contributed by atoms with Gasteiger partial charge in [0.2, 0.25) is 0 Å². The number of esters is 1. The van der Waals surface area contributed by atoms with Crippen LogP contribution in [0.1, 0.15) is 17.4 Å². The molecule has 1 aromatic heterocycles. The first-order chi connectivity index (χ1) is 10.0. The maximum Gasteiger partial charge on any atom is 0.387 e. The van der Waals surface area contributed by atoms with Crippen LogP contribution in [-0.4, -0.2) is 28.7 Å². The molecule has 8 heteroatoms. The van der Waals surface area contributed by atoms with Crippen molar-refractivity contribution >= 4 is 11.8 Å². The van der Waals surface area contributed by atoms with Crippen molar-refractivity contribution in [2.45, 2.75) is 13.5 Å². The number of hydrogen-bond donors (Lipinski definition) is 1. The van der Waals surface area contributed by atoms with Gasteiger partial charge >= 0.3 is 12.6 Å². The predicted molar refractivity (Wildman–Crippen MR) is 70.6 cm³/mol. The highest BCUT2D eigenvalue weighted by atomic mass is 19.3. The SMILES string of the molecule is CCOC(=O)c1ncn(-c2ccc(OC(F)F)cc2)c1N. The highest BCUT2D eigenvalue weighted by Gasteiger charge is 2.17. The minimum Gasteiger partial charge on any atom is -0.461 e. The van der Waals surface area contributed by atoms with Crippen molar-refractivity contribution in [3.63, 3.8) is 0 Å². The zero-order valence-electron chi connectivity index (χ0n) is 11.1. The summed E-state index contributed by atoms with van der Waals surface area (Å²) in [5.41, 5.74) is 6.39. The Kier molecular flexibility index (Phi) is 4.36. The summed E-state index contributed by atoms with van der Waals surface area (Å²) in [5, 5.41) is 0. The molecule has 0 atom stereocenters. The first kappa shape index (κ1) is 14.8. The van der Waals surface area contributed by atoms with Crippen molar-refractivity contribution in [3.8, 4) is 11.4 Å². The van der Waals surface area contributed by atoms with Crippen LogP contribution in [0.3, 0.4) is 0 Å². The molecule has 1 aromatic carbocycles.